The fraction of sp³-hybridized carbons (Fsp3) is 0.250. The van der Waals surface area contributed by atoms with Crippen LogP contribution in [0.4, 0.5) is 0 Å². The van der Waals surface area contributed by atoms with Gasteiger partial charge in [-0.1, -0.05) is 36.0 Å². The molecule has 0 saturated heterocycles. The van der Waals surface area contributed by atoms with Crippen LogP contribution in [0.3, 0.4) is 0 Å². The summed E-state index contributed by atoms with van der Waals surface area (Å²) in [5.74, 6) is 0. The van der Waals surface area contributed by atoms with Gasteiger partial charge in [-0.2, -0.15) is 5.26 Å². The second-order valence-corrected chi connectivity index (χ2v) is 5.18. The average Bonchev–Trinajstić information content (AvgIpc) is 2.44. The van der Waals surface area contributed by atoms with E-state index in [2.05, 4.69) is 17.1 Å². The molecule has 1 aliphatic rings. The minimum absolute atomic E-state index is 0.418. The van der Waals surface area contributed by atoms with Crippen molar-refractivity contribution in [1.82, 2.24) is 4.98 Å². The lowest BCUT2D eigenvalue weighted by molar-refractivity contribution is 0.798. The van der Waals surface area contributed by atoms with Gasteiger partial charge in [-0.3, -0.25) is 0 Å². The van der Waals surface area contributed by atoms with Crippen molar-refractivity contribution in [2.75, 3.05) is 0 Å². The number of hydrogen-bond acceptors (Lipinski definition) is 3. The number of H-pyrrole nitrogens is 1. The van der Waals surface area contributed by atoms with E-state index in [0.29, 0.717) is 10.3 Å². The maximum absolute atomic E-state index is 8.70. The van der Waals surface area contributed by atoms with Crippen molar-refractivity contribution in [3.8, 4) is 6.07 Å². The van der Waals surface area contributed by atoms with E-state index in [0.717, 1.165) is 24.8 Å². The van der Waals surface area contributed by atoms with E-state index in [4.69, 9.17) is 23.2 Å². The maximum Gasteiger partial charge on any atom is 0.112 e. The molecule has 0 spiro atoms. The Labute approximate surface area is 124 Å². The van der Waals surface area contributed by atoms with Crippen molar-refractivity contribution >= 4 is 17.9 Å². The maximum atomic E-state index is 8.70. The van der Waals surface area contributed by atoms with Crippen LogP contribution in [0.1, 0.15) is 30.2 Å². The number of nitrogens with zero attached hydrogens (tertiary/aromatic N) is 1. The Morgan fingerprint density at radius 3 is 3.00 bits per heavy atom. The van der Waals surface area contributed by atoms with Crippen LogP contribution in [0, 0.1) is 16.0 Å². The molecule has 3 N–H and O–H groups in total. The third-order valence-electron chi connectivity index (χ3n) is 3.38. The van der Waals surface area contributed by atoms with Gasteiger partial charge in [-0.25, -0.2) is 0 Å². The molecule has 1 aromatic rings. The minimum Gasteiger partial charge on any atom is -0.398 e. The number of nitrogens with two attached hydrogens (primary N) is 1. The second kappa shape index (κ2) is 6.36. The summed E-state index contributed by atoms with van der Waals surface area (Å²) in [6, 6.07) is 3.96. The number of rotatable bonds is 2. The number of hydrogen-bond donors (Lipinski definition) is 2. The summed E-state index contributed by atoms with van der Waals surface area (Å²) >= 11 is 5.32. The molecule has 1 aliphatic carbocycles. The fourth-order valence-electron chi connectivity index (χ4n) is 2.35. The van der Waals surface area contributed by atoms with Gasteiger partial charge in [0.15, 0.2) is 0 Å². The van der Waals surface area contributed by atoms with Crippen molar-refractivity contribution < 1.29 is 0 Å². The molecular formula is C16H17N3S. The van der Waals surface area contributed by atoms with E-state index in [1.807, 2.05) is 25.1 Å². The summed E-state index contributed by atoms with van der Waals surface area (Å²) in [6.07, 6.45) is 10.5. The first-order chi connectivity index (χ1) is 9.65. The fourth-order valence-corrected chi connectivity index (χ4v) is 2.65. The zero-order chi connectivity index (χ0) is 14.5. The number of aromatic nitrogens is 1. The highest BCUT2D eigenvalue weighted by atomic mass is 32.1. The molecule has 0 atom stereocenters. The number of allylic oxidation sites excluding steroid dienone is 5. The van der Waals surface area contributed by atoms with Crippen LogP contribution in [0.15, 0.2) is 35.9 Å². The van der Waals surface area contributed by atoms with E-state index in [1.165, 1.54) is 22.9 Å². The molecule has 0 fully saturated rings. The van der Waals surface area contributed by atoms with E-state index in [1.54, 1.807) is 0 Å². The summed E-state index contributed by atoms with van der Waals surface area (Å²) in [6.45, 7) is 2.01. The van der Waals surface area contributed by atoms with E-state index >= 15 is 0 Å². The van der Waals surface area contributed by atoms with Crippen LogP contribution < -0.4 is 5.73 Å². The molecule has 0 bridgehead atoms. The van der Waals surface area contributed by atoms with Crippen molar-refractivity contribution in [2.45, 2.75) is 26.2 Å². The molecule has 0 amide bonds. The lowest BCUT2D eigenvalue weighted by atomic mass is 9.90. The van der Waals surface area contributed by atoms with Crippen molar-refractivity contribution in [2.24, 2.45) is 5.73 Å². The lowest BCUT2D eigenvalue weighted by Crippen LogP contribution is -2.10. The Balaban J connectivity index is 2.42. The Hall–Kier alpha value is -2.12. The molecule has 0 aromatic carbocycles. The molecular weight excluding hydrogens is 266 g/mol. The van der Waals surface area contributed by atoms with Gasteiger partial charge in [0.1, 0.15) is 4.64 Å². The number of nitrogens with one attached hydrogen (secondary N) is 1. The van der Waals surface area contributed by atoms with Crippen molar-refractivity contribution in [3.63, 3.8) is 0 Å². The molecule has 0 saturated carbocycles. The van der Waals surface area contributed by atoms with Crippen LogP contribution in [0.5, 0.6) is 0 Å². The first-order valence-corrected chi connectivity index (χ1v) is 6.98. The summed E-state index contributed by atoms with van der Waals surface area (Å²) < 4.78 is 0.605. The Bertz CT molecular complexity index is 699. The van der Waals surface area contributed by atoms with Crippen LogP contribution in [0.25, 0.3) is 5.70 Å². The predicted molar refractivity (Wildman–Crippen MR) is 84.3 cm³/mol. The van der Waals surface area contributed by atoms with Gasteiger partial charge in [-0.05, 0) is 37.8 Å². The topological polar surface area (TPSA) is 65.6 Å². The molecule has 0 radical (unpaired) electrons. The van der Waals surface area contributed by atoms with Crippen LogP contribution >= 0.6 is 12.2 Å². The zero-order valence-corrected chi connectivity index (χ0v) is 12.3. The molecule has 4 heteroatoms. The van der Waals surface area contributed by atoms with Gasteiger partial charge in [0.05, 0.1) is 11.8 Å². The number of nitriles is 1. The largest absolute Gasteiger partial charge is 0.398 e. The van der Waals surface area contributed by atoms with E-state index in [9.17, 15) is 0 Å². The van der Waals surface area contributed by atoms with Crippen LogP contribution in [-0.2, 0) is 12.8 Å². The predicted octanol–water partition coefficient (Wildman–Crippen LogP) is 3.56. The quantitative estimate of drug-likeness (QED) is 0.644. The first kappa shape index (κ1) is 14.3. The first-order valence-electron chi connectivity index (χ1n) is 6.57. The standard InChI is InChI=1S/C16H17N3S/c1-2-3-4-11-5-6-15-12(9-11)10-13(16(20)19-15)14(18)7-8-17/h2-4,7,10H,5-6,9,18H2,1H3,(H,19,20)/b3-2+,11-4+,14-7-. The molecule has 0 unspecified atom stereocenters. The third kappa shape index (κ3) is 3.06. The van der Waals surface area contributed by atoms with E-state index in [-0.39, 0.29) is 0 Å². The van der Waals surface area contributed by atoms with Gasteiger partial charge in [-0.15, -0.1) is 0 Å². The second-order valence-electron chi connectivity index (χ2n) is 4.77. The van der Waals surface area contributed by atoms with Gasteiger partial charge in [0.2, 0.25) is 0 Å². The minimum atomic E-state index is 0.418. The highest BCUT2D eigenvalue weighted by Gasteiger charge is 2.15. The monoisotopic (exact) mass is 283 g/mol. The Kier molecular flexibility index (Phi) is 4.54. The summed E-state index contributed by atoms with van der Waals surface area (Å²) in [7, 11) is 0. The SMILES string of the molecule is C/C=C/C=C1\CCc2[nH]c(=S)c(/C(N)=C/C#N)cc2C1. The number of aromatic amines is 1. The van der Waals surface area contributed by atoms with Gasteiger partial charge in [0.25, 0.3) is 0 Å². The van der Waals surface area contributed by atoms with Gasteiger partial charge < -0.3 is 10.7 Å². The van der Waals surface area contributed by atoms with E-state index < -0.39 is 0 Å². The normalized spacial score (nSPS) is 17.2. The number of pyridine rings is 1. The zero-order valence-electron chi connectivity index (χ0n) is 11.4. The van der Waals surface area contributed by atoms with Gasteiger partial charge in [0, 0.05) is 17.3 Å². The molecule has 3 nitrogen and oxygen atoms in total. The number of aryl methyl sites for hydroxylation is 1. The van der Waals surface area contributed by atoms with Crippen LogP contribution in [-0.4, -0.2) is 4.98 Å². The van der Waals surface area contributed by atoms with Gasteiger partial charge >= 0.3 is 0 Å². The molecule has 2 rings (SSSR count). The summed E-state index contributed by atoms with van der Waals surface area (Å²) in [4.78, 5) is 3.25. The molecule has 102 valence electrons. The average molecular weight is 283 g/mol. The number of fused-ring (bicyclic) bond motifs is 1. The highest BCUT2D eigenvalue weighted by Crippen LogP contribution is 2.26. The Morgan fingerprint density at radius 1 is 1.50 bits per heavy atom. The van der Waals surface area contributed by atoms with Crippen molar-refractivity contribution in [3.05, 3.63) is 57.4 Å². The molecule has 1 aromatic heterocycles. The lowest BCUT2D eigenvalue weighted by Gasteiger charge is -2.19. The Morgan fingerprint density at radius 2 is 2.30 bits per heavy atom. The highest BCUT2D eigenvalue weighted by molar-refractivity contribution is 7.71. The smallest absolute Gasteiger partial charge is 0.112 e. The molecule has 0 aliphatic heterocycles. The summed E-state index contributed by atoms with van der Waals surface area (Å²) in [5, 5.41) is 8.70. The third-order valence-corrected chi connectivity index (χ3v) is 3.71. The molecule has 1 heterocycles. The van der Waals surface area contributed by atoms with Crippen molar-refractivity contribution in [1.29, 1.82) is 5.26 Å². The summed E-state index contributed by atoms with van der Waals surface area (Å²) in [5.41, 5.74) is 10.8. The molecule has 20 heavy (non-hydrogen) atoms. The van der Waals surface area contributed by atoms with Crippen LogP contribution in [0.2, 0.25) is 0 Å².